The first-order valence-corrected chi connectivity index (χ1v) is 24.0. The second kappa shape index (κ2) is 15.1. The van der Waals surface area contributed by atoms with Gasteiger partial charge >= 0.3 is 0 Å². The van der Waals surface area contributed by atoms with E-state index in [-0.39, 0.29) is 0 Å². The van der Waals surface area contributed by atoms with Crippen LogP contribution in [-0.4, -0.2) is 13.7 Å². The van der Waals surface area contributed by atoms with Crippen molar-refractivity contribution in [3.63, 3.8) is 0 Å². The van der Waals surface area contributed by atoms with Gasteiger partial charge in [0.1, 0.15) is 11.2 Å². The lowest BCUT2D eigenvalue weighted by Gasteiger charge is -2.09. The van der Waals surface area contributed by atoms with Gasteiger partial charge < -0.3 is 18.1 Å². The summed E-state index contributed by atoms with van der Waals surface area (Å²) in [5.74, 6) is 0. The van der Waals surface area contributed by atoms with Crippen LogP contribution in [0, 0.1) is 0 Å². The van der Waals surface area contributed by atoms with Gasteiger partial charge in [-0.2, -0.15) is 0 Å². The molecule has 0 bridgehead atoms. The third kappa shape index (κ3) is 5.77. The summed E-state index contributed by atoms with van der Waals surface area (Å²) < 4.78 is 13.8. The summed E-state index contributed by atoms with van der Waals surface area (Å²) >= 11 is 0. The van der Waals surface area contributed by atoms with E-state index in [1.165, 1.54) is 82.1 Å². The molecule has 0 atom stereocenters. The molecule has 0 aliphatic carbocycles. The first kappa shape index (κ1) is 38.7. The molecule has 0 spiro atoms. The van der Waals surface area contributed by atoms with Crippen molar-refractivity contribution in [3.8, 4) is 50.4 Å². The fourth-order valence-electron chi connectivity index (χ4n) is 11.5. The van der Waals surface area contributed by atoms with E-state index in [9.17, 15) is 0 Å². The van der Waals surface area contributed by atoms with Crippen molar-refractivity contribution in [1.29, 1.82) is 0 Å². The van der Waals surface area contributed by atoms with Gasteiger partial charge in [0.05, 0.1) is 33.1 Å². The Hall–Kier alpha value is -9.38. The minimum absolute atomic E-state index is 0.878. The molecule has 0 unspecified atom stereocenters. The van der Waals surface area contributed by atoms with Crippen LogP contribution in [0.15, 0.2) is 253 Å². The highest BCUT2D eigenvalue weighted by Crippen LogP contribution is 2.43. The normalized spacial score (nSPS) is 12.0. The molecule has 0 fully saturated rings. The Morgan fingerprint density at radius 1 is 0.229 bits per heavy atom. The first-order chi connectivity index (χ1) is 34.7. The average Bonchev–Trinajstić information content (AvgIpc) is 4.17. The minimum Gasteiger partial charge on any atom is -0.456 e. The summed E-state index contributed by atoms with van der Waals surface area (Å²) in [5, 5.41) is 9.60. The molecule has 4 heteroatoms. The van der Waals surface area contributed by atoms with Crippen LogP contribution in [0.4, 0.5) is 0 Å². The van der Waals surface area contributed by atoms with E-state index in [1.54, 1.807) is 0 Å². The SMILES string of the molecule is c1ccc(-n2c3ccccc3c3cc(-c4ccc5oc6cccc(-c7ccc8c(c7)c7cc(-c9ccc%10c(c9)c9ccccc9n%10-c9ccccc9)ccc7n8-c7ccccc7)c6c5c4)ccc32)cc1. The van der Waals surface area contributed by atoms with Crippen LogP contribution >= 0.6 is 0 Å². The highest BCUT2D eigenvalue weighted by Gasteiger charge is 2.20. The number of para-hydroxylation sites is 5. The molecule has 0 N–H and O–H groups in total. The molecular weight excluding hydrogens is 851 g/mol. The molecule has 0 saturated heterocycles. The van der Waals surface area contributed by atoms with Gasteiger partial charge in [-0.1, -0.05) is 133 Å². The molecule has 15 aromatic rings. The lowest BCUT2D eigenvalue weighted by molar-refractivity contribution is 0.669. The summed E-state index contributed by atoms with van der Waals surface area (Å²) in [6, 6.07) is 90.4. The van der Waals surface area contributed by atoms with Crippen molar-refractivity contribution in [3.05, 3.63) is 249 Å². The fraction of sp³-hybridized carbons (Fsp3) is 0. The molecule has 0 aliphatic rings. The predicted molar refractivity (Wildman–Crippen MR) is 293 cm³/mol. The Balaban J connectivity index is 0.892. The third-order valence-electron chi connectivity index (χ3n) is 14.6. The van der Waals surface area contributed by atoms with Crippen LogP contribution in [0.2, 0.25) is 0 Å². The number of rotatable bonds is 6. The Morgan fingerprint density at radius 3 is 1.06 bits per heavy atom. The van der Waals surface area contributed by atoms with E-state index < -0.39 is 0 Å². The smallest absolute Gasteiger partial charge is 0.136 e. The minimum atomic E-state index is 0.878. The zero-order valence-electron chi connectivity index (χ0n) is 37.9. The van der Waals surface area contributed by atoms with Gasteiger partial charge in [0.2, 0.25) is 0 Å². The second-order valence-corrected chi connectivity index (χ2v) is 18.5. The van der Waals surface area contributed by atoms with E-state index >= 15 is 0 Å². The molecule has 70 heavy (non-hydrogen) atoms. The van der Waals surface area contributed by atoms with E-state index in [0.29, 0.717) is 0 Å². The van der Waals surface area contributed by atoms with Gasteiger partial charge in [-0.3, -0.25) is 0 Å². The molecule has 0 saturated carbocycles. The van der Waals surface area contributed by atoms with Crippen molar-refractivity contribution in [1.82, 2.24) is 13.7 Å². The topological polar surface area (TPSA) is 27.9 Å². The Bertz CT molecular complexity index is 4570. The molecule has 4 nitrogen and oxygen atoms in total. The highest BCUT2D eigenvalue weighted by atomic mass is 16.3. The molecule has 0 amide bonds. The van der Waals surface area contributed by atoms with E-state index in [1.807, 2.05) is 0 Å². The fourth-order valence-corrected chi connectivity index (χ4v) is 11.5. The highest BCUT2D eigenvalue weighted by molar-refractivity contribution is 6.17. The molecule has 0 aliphatic heterocycles. The van der Waals surface area contributed by atoms with Crippen molar-refractivity contribution in [2.45, 2.75) is 0 Å². The van der Waals surface area contributed by atoms with Crippen LogP contribution in [0.1, 0.15) is 0 Å². The molecule has 326 valence electrons. The second-order valence-electron chi connectivity index (χ2n) is 18.5. The number of hydrogen-bond acceptors (Lipinski definition) is 1. The van der Waals surface area contributed by atoms with E-state index in [0.717, 1.165) is 55.7 Å². The standard InChI is InChI=1S/C66H41N3O/c1-4-15-47(16-5-1)67-58-24-12-10-21-51(58)53-37-42(27-32-60(53)67)44-29-34-62-55(39-44)56-41-46(30-35-63(56)69(62)49-19-8-3-9-20-49)50-23-14-26-65-66(50)57-40-45(31-36-64(57)70-65)43-28-33-61-54(38-43)52-22-11-13-25-59(52)68(61)48-17-6-2-7-18-48/h1-41H. The molecule has 0 radical (unpaired) electrons. The van der Waals surface area contributed by atoms with Gasteiger partial charge in [-0.05, 0) is 149 Å². The maximum atomic E-state index is 6.64. The number of fused-ring (bicyclic) bond motifs is 12. The first-order valence-electron chi connectivity index (χ1n) is 24.0. The van der Waals surface area contributed by atoms with Crippen molar-refractivity contribution < 1.29 is 4.42 Å². The van der Waals surface area contributed by atoms with Crippen LogP contribution in [0.5, 0.6) is 0 Å². The number of hydrogen-bond donors (Lipinski definition) is 0. The van der Waals surface area contributed by atoms with E-state index in [2.05, 4.69) is 262 Å². The molecule has 15 rings (SSSR count). The van der Waals surface area contributed by atoms with Gasteiger partial charge in [0, 0.05) is 60.2 Å². The number of aromatic nitrogens is 3. The summed E-state index contributed by atoms with van der Waals surface area (Å²) in [7, 11) is 0. The Labute approximate surface area is 402 Å². The maximum absolute atomic E-state index is 6.64. The van der Waals surface area contributed by atoms with Crippen molar-refractivity contribution >= 4 is 87.4 Å². The molecule has 4 heterocycles. The van der Waals surface area contributed by atoms with Crippen LogP contribution in [0.25, 0.3) is 138 Å². The summed E-state index contributed by atoms with van der Waals surface area (Å²) in [4.78, 5) is 0. The van der Waals surface area contributed by atoms with Gasteiger partial charge in [-0.25, -0.2) is 0 Å². The van der Waals surface area contributed by atoms with Crippen molar-refractivity contribution in [2.24, 2.45) is 0 Å². The lowest BCUT2D eigenvalue weighted by Crippen LogP contribution is -1.93. The number of nitrogens with zero attached hydrogens (tertiary/aromatic N) is 3. The molecule has 11 aromatic carbocycles. The summed E-state index contributed by atoms with van der Waals surface area (Å²) in [5.41, 5.74) is 19.3. The predicted octanol–water partition coefficient (Wildman–Crippen LogP) is 17.9. The Kier molecular flexibility index (Phi) is 8.33. The third-order valence-corrected chi connectivity index (χ3v) is 14.6. The maximum Gasteiger partial charge on any atom is 0.136 e. The zero-order valence-corrected chi connectivity index (χ0v) is 37.9. The number of furan rings is 1. The Morgan fingerprint density at radius 2 is 0.586 bits per heavy atom. The summed E-state index contributed by atoms with van der Waals surface area (Å²) in [6.07, 6.45) is 0. The largest absolute Gasteiger partial charge is 0.456 e. The number of benzene rings is 11. The van der Waals surface area contributed by atoms with Crippen molar-refractivity contribution in [2.75, 3.05) is 0 Å². The molecular formula is C66H41N3O. The summed E-state index contributed by atoms with van der Waals surface area (Å²) in [6.45, 7) is 0. The van der Waals surface area contributed by atoms with Crippen LogP contribution < -0.4 is 0 Å². The average molecular weight is 892 g/mol. The van der Waals surface area contributed by atoms with Gasteiger partial charge in [0.15, 0.2) is 0 Å². The van der Waals surface area contributed by atoms with Gasteiger partial charge in [0.25, 0.3) is 0 Å². The van der Waals surface area contributed by atoms with Crippen LogP contribution in [0.3, 0.4) is 0 Å². The lowest BCUT2D eigenvalue weighted by atomic mass is 9.95. The van der Waals surface area contributed by atoms with Gasteiger partial charge in [-0.15, -0.1) is 0 Å². The van der Waals surface area contributed by atoms with Crippen LogP contribution in [-0.2, 0) is 0 Å². The monoisotopic (exact) mass is 891 g/mol. The van der Waals surface area contributed by atoms with E-state index in [4.69, 9.17) is 4.42 Å². The quantitative estimate of drug-likeness (QED) is 0.163. The molecule has 4 aromatic heterocycles. The zero-order chi connectivity index (χ0) is 45.9.